The third kappa shape index (κ3) is 12.8. The lowest BCUT2D eigenvalue weighted by Crippen LogP contribution is -2.15. The standard InChI is InChI=1S/C13H9BrClF3N2O2S.C7H3Cl2F3O2S.C6H7BrN2.CH4/c1-7-4-11(12(14)19-6-7)20-23(21,22)8-2-3-10(15)9(5-8)13(16,17)18;8-6-2-1-4(15(9,13)14)3-5(6)7(10,11)12;1-4-2-5(8)6(7)9-3-4;/h2-6,20H,1H3;1-3H;2-3H,8H2,1H3;1H4. The Labute approximate surface area is 303 Å². The number of rotatable bonds is 4. The highest BCUT2D eigenvalue weighted by molar-refractivity contribution is 9.10. The summed E-state index contributed by atoms with van der Waals surface area (Å²) in [6, 6.07) is 7.87. The highest BCUT2D eigenvalue weighted by Crippen LogP contribution is 2.37. The quantitative estimate of drug-likeness (QED) is 0.118. The molecule has 2 aromatic heterocycles. The van der Waals surface area contributed by atoms with Gasteiger partial charge in [0.15, 0.2) is 0 Å². The first-order valence-corrected chi connectivity index (χ1v) is 18.2. The number of sulfonamides is 1. The fourth-order valence-corrected chi connectivity index (χ4v) is 6.14. The second-order valence-electron chi connectivity index (χ2n) is 9.07. The Morgan fingerprint density at radius 3 is 1.56 bits per heavy atom. The number of nitrogens with zero attached hydrogens (tertiary/aromatic N) is 2. The zero-order valence-corrected chi connectivity index (χ0v) is 30.4. The molecule has 0 bridgehead atoms. The van der Waals surface area contributed by atoms with Crippen molar-refractivity contribution in [3.05, 3.63) is 102 Å². The molecule has 0 amide bonds. The van der Waals surface area contributed by atoms with Gasteiger partial charge in [0.25, 0.3) is 19.1 Å². The molecule has 2 heterocycles. The third-order valence-electron chi connectivity index (χ3n) is 5.30. The minimum atomic E-state index is -4.76. The monoisotopic (exact) mass is 908 g/mol. The van der Waals surface area contributed by atoms with Gasteiger partial charge in [0.1, 0.15) is 9.21 Å². The molecule has 4 rings (SSSR count). The Morgan fingerprint density at radius 2 is 1.15 bits per heavy atom. The van der Waals surface area contributed by atoms with Gasteiger partial charge in [-0.2, -0.15) is 26.3 Å². The highest BCUT2D eigenvalue weighted by Gasteiger charge is 2.35. The number of nitrogens with two attached hydrogens (primary N) is 1. The molecule has 0 aliphatic heterocycles. The number of halogens is 11. The zero-order chi connectivity index (χ0) is 36.1. The van der Waals surface area contributed by atoms with E-state index in [1.165, 1.54) is 12.3 Å². The maximum Gasteiger partial charge on any atom is 0.417 e. The van der Waals surface area contributed by atoms with Crippen LogP contribution in [-0.4, -0.2) is 26.8 Å². The summed E-state index contributed by atoms with van der Waals surface area (Å²) in [5, 5.41) is -1.15. The minimum Gasteiger partial charge on any atom is -0.397 e. The number of pyridine rings is 2. The van der Waals surface area contributed by atoms with Gasteiger partial charge in [-0.3, -0.25) is 4.72 Å². The van der Waals surface area contributed by atoms with Crippen molar-refractivity contribution < 1.29 is 43.2 Å². The van der Waals surface area contributed by atoms with E-state index in [9.17, 15) is 43.2 Å². The Bertz CT molecular complexity index is 1990. The molecule has 21 heteroatoms. The van der Waals surface area contributed by atoms with Crippen molar-refractivity contribution in [3.8, 4) is 0 Å². The summed E-state index contributed by atoms with van der Waals surface area (Å²) in [6.07, 6.45) is -6.20. The molecule has 0 atom stereocenters. The van der Waals surface area contributed by atoms with Crippen molar-refractivity contribution in [2.45, 2.75) is 43.4 Å². The van der Waals surface area contributed by atoms with Crippen molar-refractivity contribution >= 4 is 96.2 Å². The molecule has 8 nitrogen and oxygen atoms in total. The lowest BCUT2D eigenvalue weighted by Gasteiger charge is -2.13. The van der Waals surface area contributed by atoms with E-state index >= 15 is 0 Å². The van der Waals surface area contributed by atoms with Gasteiger partial charge in [-0.25, -0.2) is 26.8 Å². The summed E-state index contributed by atoms with van der Waals surface area (Å²) in [5.74, 6) is 0. The van der Waals surface area contributed by atoms with Crippen LogP contribution in [0, 0.1) is 13.8 Å². The number of aryl methyl sites for hydroxylation is 2. The number of aromatic nitrogens is 2. The van der Waals surface area contributed by atoms with Crippen LogP contribution in [0.4, 0.5) is 37.7 Å². The highest BCUT2D eigenvalue weighted by atomic mass is 79.9. The smallest absolute Gasteiger partial charge is 0.397 e. The van der Waals surface area contributed by atoms with Crippen LogP contribution >= 0.6 is 65.7 Å². The van der Waals surface area contributed by atoms with Gasteiger partial charge in [-0.1, -0.05) is 30.6 Å². The number of alkyl halides is 6. The number of benzene rings is 2. The summed E-state index contributed by atoms with van der Waals surface area (Å²) >= 11 is 17.0. The molecule has 264 valence electrons. The lowest BCUT2D eigenvalue weighted by atomic mass is 10.2. The molecule has 0 saturated heterocycles. The third-order valence-corrected chi connectivity index (χ3v) is 9.97. The average Bonchev–Trinajstić information content (AvgIpc) is 2.92. The van der Waals surface area contributed by atoms with Gasteiger partial charge >= 0.3 is 12.4 Å². The second-order valence-corrected chi connectivity index (χ2v) is 15.6. The van der Waals surface area contributed by atoms with Crippen LogP contribution < -0.4 is 10.5 Å². The maximum atomic E-state index is 12.8. The lowest BCUT2D eigenvalue weighted by molar-refractivity contribution is -0.138. The molecule has 0 spiro atoms. The summed E-state index contributed by atoms with van der Waals surface area (Å²) in [6.45, 7) is 3.65. The molecule has 0 saturated carbocycles. The minimum absolute atomic E-state index is 0. The van der Waals surface area contributed by atoms with Crippen molar-refractivity contribution in [1.82, 2.24) is 9.97 Å². The normalized spacial score (nSPS) is 11.7. The SMILES string of the molecule is C.Cc1cnc(Br)c(N)c1.Cc1cnc(Br)c(NS(=O)(=O)c2ccc(Cl)c(C(F)(F)F)c2)c1.O=S(=O)(Cl)c1ccc(Cl)c(C(F)(F)F)c1. The molecule has 0 fully saturated rings. The Hall–Kier alpha value is -2.35. The van der Waals surface area contributed by atoms with Crippen LogP contribution in [0.15, 0.2) is 79.9 Å². The number of hydrogen-bond acceptors (Lipinski definition) is 7. The zero-order valence-electron chi connectivity index (χ0n) is 23.4. The predicted molar refractivity (Wildman–Crippen MR) is 181 cm³/mol. The average molecular weight is 912 g/mol. The van der Waals surface area contributed by atoms with Crippen LogP contribution in [0.1, 0.15) is 29.7 Å². The fourth-order valence-electron chi connectivity index (χ4n) is 3.16. The van der Waals surface area contributed by atoms with Crippen LogP contribution in [-0.2, 0) is 31.4 Å². The topological polar surface area (TPSA) is 132 Å². The number of anilines is 2. The van der Waals surface area contributed by atoms with Crippen LogP contribution in [0.5, 0.6) is 0 Å². The van der Waals surface area contributed by atoms with E-state index < -0.39 is 62.4 Å². The summed E-state index contributed by atoms with van der Waals surface area (Å²) in [7, 11) is -3.52. The molecule has 48 heavy (non-hydrogen) atoms. The van der Waals surface area contributed by atoms with E-state index in [-0.39, 0.29) is 17.7 Å². The van der Waals surface area contributed by atoms with E-state index in [4.69, 9.17) is 39.6 Å². The van der Waals surface area contributed by atoms with Gasteiger partial charge in [0.05, 0.1) is 42.3 Å². The number of hydrogen-bond donors (Lipinski definition) is 2. The van der Waals surface area contributed by atoms with Gasteiger partial charge in [0.2, 0.25) is 0 Å². The molecule has 0 radical (unpaired) electrons. The van der Waals surface area contributed by atoms with E-state index in [1.807, 2.05) is 13.0 Å². The molecular weight excluding hydrogens is 889 g/mol. The van der Waals surface area contributed by atoms with Crippen molar-refractivity contribution in [3.63, 3.8) is 0 Å². The summed E-state index contributed by atoms with van der Waals surface area (Å²) < 4.78 is 125. The van der Waals surface area contributed by atoms with Crippen molar-refractivity contribution in [2.24, 2.45) is 0 Å². The molecule has 0 aliphatic rings. The molecule has 2 aromatic carbocycles. The molecule has 4 aromatic rings. The van der Waals surface area contributed by atoms with E-state index in [1.54, 1.807) is 13.1 Å². The van der Waals surface area contributed by atoms with Gasteiger partial charge in [-0.05, 0) is 105 Å². The van der Waals surface area contributed by atoms with E-state index in [0.717, 1.165) is 29.8 Å². The maximum absolute atomic E-state index is 12.8. The van der Waals surface area contributed by atoms with E-state index in [2.05, 4.69) is 46.5 Å². The number of nitrogen functional groups attached to an aromatic ring is 1. The van der Waals surface area contributed by atoms with E-state index in [0.29, 0.717) is 28.0 Å². The molecular formula is C27H23Br2Cl3F6N4O4S2. The van der Waals surface area contributed by atoms with Crippen LogP contribution in [0.25, 0.3) is 0 Å². The summed E-state index contributed by atoms with van der Waals surface area (Å²) in [5.41, 5.74) is 5.63. The molecule has 0 aliphatic carbocycles. The van der Waals surface area contributed by atoms with Crippen molar-refractivity contribution in [2.75, 3.05) is 10.5 Å². The summed E-state index contributed by atoms with van der Waals surface area (Å²) in [4.78, 5) is 6.69. The molecule has 0 unspecified atom stereocenters. The second kappa shape index (κ2) is 17.0. The first-order valence-electron chi connectivity index (χ1n) is 12.0. The van der Waals surface area contributed by atoms with Crippen LogP contribution in [0.3, 0.4) is 0 Å². The predicted octanol–water partition coefficient (Wildman–Crippen LogP) is 10.3. The Balaban J connectivity index is 0.000000395. The van der Waals surface area contributed by atoms with Crippen LogP contribution in [0.2, 0.25) is 10.0 Å². The van der Waals surface area contributed by atoms with Gasteiger partial charge in [-0.15, -0.1) is 0 Å². The largest absolute Gasteiger partial charge is 0.417 e. The molecule has 3 N–H and O–H groups in total. The van der Waals surface area contributed by atoms with Crippen molar-refractivity contribution in [1.29, 1.82) is 0 Å². The first-order chi connectivity index (χ1) is 21.3. The Kier molecular flexibility index (Phi) is 15.5. The number of nitrogens with one attached hydrogen (secondary N) is 1. The first kappa shape index (κ1) is 43.7. The van der Waals surface area contributed by atoms with Gasteiger partial charge < -0.3 is 5.73 Å². The fraction of sp³-hybridized carbons (Fsp3) is 0.185. The Morgan fingerprint density at radius 1 is 0.729 bits per heavy atom. The van der Waals surface area contributed by atoms with Gasteiger partial charge in [0, 0.05) is 23.1 Å².